The van der Waals surface area contributed by atoms with Crippen LogP contribution in [0, 0.1) is 5.92 Å². The molecule has 4 nitrogen and oxygen atoms in total. The number of thioether (sulfide) groups is 1. The molecule has 0 saturated carbocycles. The lowest BCUT2D eigenvalue weighted by atomic mass is 9.89. The van der Waals surface area contributed by atoms with Gasteiger partial charge in [0.15, 0.2) is 0 Å². The van der Waals surface area contributed by atoms with Gasteiger partial charge in [-0.25, -0.2) is 0 Å². The molecule has 3 unspecified atom stereocenters. The molecule has 1 aromatic heterocycles. The maximum absolute atomic E-state index is 11.1. The van der Waals surface area contributed by atoms with Crippen molar-refractivity contribution in [2.45, 2.75) is 30.7 Å². The molecule has 0 N–H and O–H groups in total. The molecule has 2 fully saturated rings. The molecule has 0 spiro atoms. The number of carbonyl (C=O) groups excluding carboxylic acids is 1. The van der Waals surface area contributed by atoms with Gasteiger partial charge in [-0.2, -0.15) is 8.75 Å². The standard InChI is InChI=1S/C12H17N3OS2/c1-8(16)7-17-12-11(13-18-14-12)10-6-15-4-2-3-9(10)5-15/h9-10H,2-7H2,1H3. The van der Waals surface area contributed by atoms with E-state index in [1.54, 1.807) is 18.7 Å². The summed E-state index contributed by atoms with van der Waals surface area (Å²) in [5.74, 6) is 2.01. The van der Waals surface area contributed by atoms with Gasteiger partial charge >= 0.3 is 0 Å². The SMILES string of the molecule is CC(=O)CSc1nsnc1C1CN2CCCC1C2. The molecule has 2 saturated heterocycles. The van der Waals surface area contributed by atoms with Crippen LogP contribution in [-0.2, 0) is 4.79 Å². The summed E-state index contributed by atoms with van der Waals surface area (Å²) in [6.45, 7) is 5.21. The molecule has 0 amide bonds. The van der Waals surface area contributed by atoms with Crippen molar-refractivity contribution >= 4 is 29.3 Å². The maximum Gasteiger partial charge on any atom is 0.140 e. The minimum Gasteiger partial charge on any atom is -0.302 e. The summed E-state index contributed by atoms with van der Waals surface area (Å²) in [6.07, 6.45) is 2.63. The van der Waals surface area contributed by atoms with E-state index in [2.05, 4.69) is 13.6 Å². The van der Waals surface area contributed by atoms with E-state index in [1.165, 1.54) is 37.7 Å². The molecule has 0 radical (unpaired) electrons. The Morgan fingerprint density at radius 2 is 2.39 bits per heavy atom. The second-order valence-electron chi connectivity index (χ2n) is 5.21. The monoisotopic (exact) mass is 283 g/mol. The third-order valence-corrected chi connectivity index (χ3v) is 5.59. The van der Waals surface area contributed by atoms with Gasteiger partial charge in [0.25, 0.3) is 0 Å². The van der Waals surface area contributed by atoms with Crippen LogP contribution in [0.15, 0.2) is 5.03 Å². The fourth-order valence-electron chi connectivity index (χ4n) is 3.01. The van der Waals surface area contributed by atoms with Crippen LogP contribution in [0.25, 0.3) is 0 Å². The van der Waals surface area contributed by atoms with Crippen LogP contribution in [0.2, 0.25) is 0 Å². The molecule has 98 valence electrons. The molecular weight excluding hydrogens is 266 g/mol. The first kappa shape index (κ1) is 12.6. The van der Waals surface area contributed by atoms with Crippen molar-refractivity contribution < 1.29 is 4.79 Å². The minimum atomic E-state index is 0.202. The van der Waals surface area contributed by atoms with Crippen LogP contribution < -0.4 is 0 Å². The second-order valence-corrected chi connectivity index (χ2v) is 6.71. The van der Waals surface area contributed by atoms with E-state index in [0.29, 0.717) is 11.7 Å². The zero-order valence-electron chi connectivity index (χ0n) is 10.5. The Morgan fingerprint density at radius 3 is 3.17 bits per heavy atom. The van der Waals surface area contributed by atoms with Gasteiger partial charge in [-0.15, -0.1) is 0 Å². The van der Waals surface area contributed by atoms with Gasteiger partial charge in [0.2, 0.25) is 0 Å². The molecule has 3 heterocycles. The summed E-state index contributed by atoms with van der Waals surface area (Å²) in [4.78, 5) is 13.6. The normalized spacial score (nSPS) is 30.6. The van der Waals surface area contributed by atoms with E-state index in [-0.39, 0.29) is 5.78 Å². The number of nitrogens with zero attached hydrogens (tertiary/aromatic N) is 3. The van der Waals surface area contributed by atoms with E-state index in [4.69, 9.17) is 0 Å². The highest BCUT2D eigenvalue weighted by Crippen LogP contribution is 2.41. The van der Waals surface area contributed by atoms with Crippen molar-refractivity contribution in [3.05, 3.63) is 5.69 Å². The maximum atomic E-state index is 11.1. The topological polar surface area (TPSA) is 46.1 Å². The van der Waals surface area contributed by atoms with Gasteiger partial charge in [0, 0.05) is 19.0 Å². The fraction of sp³-hybridized carbons (Fsp3) is 0.750. The number of fused-ring (bicyclic) bond motifs is 2. The van der Waals surface area contributed by atoms with Gasteiger partial charge in [-0.1, -0.05) is 11.8 Å². The van der Waals surface area contributed by atoms with Crippen molar-refractivity contribution in [2.75, 3.05) is 25.4 Å². The molecule has 3 atom stereocenters. The molecule has 18 heavy (non-hydrogen) atoms. The zero-order valence-corrected chi connectivity index (χ0v) is 12.1. The van der Waals surface area contributed by atoms with Gasteiger partial charge in [0.1, 0.15) is 10.8 Å². The quantitative estimate of drug-likeness (QED) is 0.791. The zero-order chi connectivity index (χ0) is 12.5. The lowest BCUT2D eigenvalue weighted by molar-refractivity contribution is -0.114. The molecule has 6 heteroatoms. The molecule has 2 aliphatic heterocycles. The lowest BCUT2D eigenvalue weighted by Crippen LogP contribution is -2.25. The molecule has 0 aromatic carbocycles. The third kappa shape index (κ3) is 2.46. The van der Waals surface area contributed by atoms with Crippen LogP contribution >= 0.6 is 23.5 Å². The highest BCUT2D eigenvalue weighted by atomic mass is 32.2. The number of ketones is 1. The summed E-state index contributed by atoms with van der Waals surface area (Å²) in [5, 5.41) is 0.994. The van der Waals surface area contributed by atoms with Crippen LogP contribution in [0.3, 0.4) is 0 Å². The Hall–Kier alpha value is -0.460. The van der Waals surface area contributed by atoms with Crippen molar-refractivity contribution in [3.8, 4) is 0 Å². The molecule has 2 bridgehead atoms. The Kier molecular flexibility index (Phi) is 3.68. The van der Waals surface area contributed by atoms with Gasteiger partial charge in [-0.05, 0) is 32.2 Å². The van der Waals surface area contributed by atoms with Crippen LogP contribution in [0.4, 0.5) is 0 Å². The first-order chi connectivity index (χ1) is 8.74. The average molecular weight is 283 g/mol. The van der Waals surface area contributed by atoms with Crippen molar-refractivity contribution in [1.29, 1.82) is 0 Å². The molecule has 2 aliphatic rings. The molecular formula is C12H17N3OS2. The summed E-state index contributed by atoms with van der Waals surface area (Å²) in [5.41, 5.74) is 1.15. The van der Waals surface area contributed by atoms with Gasteiger partial charge < -0.3 is 4.90 Å². The van der Waals surface area contributed by atoms with E-state index < -0.39 is 0 Å². The van der Waals surface area contributed by atoms with E-state index in [0.717, 1.165) is 23.2 Å². The van der Waals surface area contributed by atoms with E-state index >= 15 is 0 Å². The molecule has 3 rings (SSSR count). The average Bonchev–Trinajstić information content (AvgIpc) is 2.91. The Bertz CT molecular complexity index is 448. The Labute approximate surface area is 115 Å². The van der Waals surface area contributed by atoms with Crippen molar-refractivity contribution in [3.63, 3.8) is 0 Å². The summed E-state index contributed by atoms with van der Waals surface area (Å²) >= 11 is 2.84. The van der Waals surface area contributed by atoms with Gasteiger partial charge in [-0.3, -0.25) is 4.79 Å². The number of carbonyl (C=O) groups is 1. The largest absolute Gasteiger partial charge is 0.302 e. The third-order valence-electron chi connectivity index (χ3n) is 3.81. The van der Waals surface area contributed by atoms with Crippen LogP contribution in [0.5, 0.6) is 0 Å². The highest BCUT2D eigenvalue weighted by Gasteiger charge is 2.38. The second kappa shape index (κ2) is 5.27. The first-order valence-corrected chi connectivity index (χ1v) is 8.12. The number of aromatic nitrogens is 2. The summed E-state index contributed by atoms with van der Waals surface area (Å²) in [7, 11) is 0. The van der Waals surface area contributed by atoms with E-state index in [1.807, 2.05) is 0 Å². The lowest BCUT2D eigenvalue weighted by Gasteiger charge is -2.21. The predicted octanol–water partition coefficient (Wildman–Crippen LogP) is 2.03. The Balaban J connectivity index is 1.76. The first-order valence-electron chi connectivity index (χ1n) is 6.41. The number of hydrogen-bond donors (Lipinski definition) is 0. The van der Waals surface area contributed by atoms with Crippen molar-refractivity contribution in [2.24, 2.45) is 5.92 Å². The summed E-state index contributed by atoms with van der Waals surface area (Å²) in [6, 6.07) is 0. The number of hydrogen-bond acceptors (Lipinski definition) is 6. The highest BCUT2D eigenvalue weighted by molar-refractivity contribution is 8.00. The Morgan fingerprint density at radius 1 is 1.50 bits per heavy atom. The molecule has 1 aromatic rings. The van der Waals surface area contributed by atoms with E-state index in [9.17, 15) is 4.79 Å². The van der Waals surface area contributed by atoms with Gasteiger partial charge in [0.05, 0.1) is 23.2 Å². The fourth-order valence-corrected chi connectivity index (χ4v) is 4.58. The number of piperidine rings is 1. The van der Waals surface area contributed by atoms with Crippen LogP contribution in [0.1, 0.15) is 31.4 Å². The summed E-state index contributed by atoms with van der Waals surface area (Å²) < 4.78 is 8.88. The molecule has 0 aliphatic carbocycles. The number of rotatable bonds is 4. The van der Waals surface area contributed by atoms with Crippen LogP contribution in [-0.4, -0.2) is 44.8 Å². The van der Waals surface area contributed by atoms with Crippen molar-refractivity contribution in [1.82, 2.24) is 13.6 Å². The minimum absolute atomic E-state index is 0.202. The smallest absolute Gasteiger partial charge is 0.140 e. The predicted molar refractivity (Wildman–Crippen MR) is 73.2 cm³/mol. The number of Topliss-reactive ketones (excluding diaryl/α,β-unsaturated/α-hetero) is 1.